The third-order valence-corrected chi connectivity index (χ3v) is 4.36. The average Bonchev–Trinajstić information content (AvgIpc) is 2.38. The van der Waals surface area contributed by atoms with Gasteiger partial charge in [-0.15, -0.1) is 0 Å². The third-order valence-electron chi connectivity index (χ3n) is 4.36. The zero-order chi connectivity index (χ0) is 13.8. The van der Waals surface area contributed by atoms with Crippen LogP contribution >= 0.6 is 0 Å². The number of benzene rings is 1. The van der Waals surface area contributed by atoms with Gasteiger partial charge in [0, 0.05) is 6.04 Å². The van der Waals surface area contributed by atoms with E-state index < -0.39 is 0 Å². The van der Waals surface area contributed by atoms with E-state index in [0.717, 1.165) is 12.8 Å². The molecule has 1 aromatic carbocycles. The topological polar surface area (TPSA) is 26.0 Å². The molecule has 0 heterocycles. The van der Waals surface area contributed by atoms with Gasteiger partial charge in [0.2, 0.25) is 0 Å². The van der Waals surface area contributed by atoms with Gasteiger partial charge in [-0.3, -0.25) is 0 Å². The number of nitrogens with two attached hydrogens (primary N) is 1. The van der Waals surface area contributed by atoms with Crippen molar-refractivity contribution in [2.45, 2.75) is 65.3 Å². The molecule has 0 aliphatic heterocycles. The van der Waals surface area contributed by atoms with E-state index in [1.165, 1.54) is 17.5 Å². The summed E-state index contributed by atoms with van der Waals surface area (Å²) >= 11 is 0. The fraction of sp³-hybridized carbons (Fsp3) is 0.647. The maximum atomic E-state index is 6.26. The lowest BCUT2D eigenvalue weighted by Gasteiger charge is -2.24. The van der Waals surface area contributed by atoms with Crippen LogP contribution in [0.5, 0.6) is 0 Å². The highest BCUT2D eigenvalue weighted by Gasteiger charge is 2.18. The summed E-state index contributed by atoms with van der Waals surface area (Å²) in [7, 11) is 0. The summed E-state index contributed by atoms with van der Waals surface area (Å²) in [4.78, 5) is 0. The summed E-state index contributed by atoms with van der Waals surface area (Å²) in [6.07, 6.45) is 3.44. The van der Waals surface area contributed by atoms with Crippen molar-refractivity contribution in [2.24, 2.45) is 11.7 Å². The maximum Gasteiger partial charge on any atom is 0.0297 e. The lowest BCUT2D eigenvalue weighted by atomic mass is 9.81. The van der Waals surface area contributed by atoms with Gasteiger partial charge in [-0.1, -0.05) is 65.3 Å². The first-order chi connectivity index (χ1) is 8.40. The molecular formula is C17H29N. The predicted molar refractivity (Wildman–Crippen MR) is 80.8 cm³/mol. The van der Waals surface area contributed by atoms with Gasteiger partial charge in [0.1, 0.15) is 0 Å². The molecule has 0 aliphatic rings. The Morgan fingerprint density at radius 3 is 2.11 bits per heavy atom. The second-order valence-corrected chi connectivity index (χ2v) is 6.22. The van der Waals surface area contributed by atoms with Crippen LogP contribution in [0, 0.1) is 5.92 Å². The van der Waals surface area contributed by atoms with E-state index in [4.69, 9.17) is 5.73 Å². The number of hydrogen-bond acceptors (Lipinski definition) is 1. The molecule has 1 nitrogen and oxygen atoms in total. The van der Waals surface area contributed by atoms with Crippen LogP contribution in [0.25, 0.3) is 0 Å². The first-order valence-corrected chi connectivity index (χ1v) is 7.26. The van der Waals surface area contributed by atoms with Crippen LogP contribution in [0.2, 0.25) is 0 Å². The zero-order valence-electron chi connectivity index (χ0n) is 12.7. The van der Waals surface area contributed by atoms with E-state index in [-0.39, 0.29) is 11.5 Å². The van der Waals surface area contributed by atoms with Gasteiger partial charge in [-0.05, 0) is 35.3 Å². The number of hydrogen-bond donors (Lipinski definition) is 1. The molecule has 1 heteroatoms. The second kappa shape index (κ2) is 6.38. The fourth-order valence-corrected chi connectivity index (χ4v) is 2.12. The van der Waals surface area contributed by atoms with Crippen molar-refractivity contribution in [3.63, 3.8) is 0 Å². The molecule has 1 aromatic rings. The lowest BCUT2D eigenvalue weighted by molar-refractivity contribution is 0.460. The molecule has 0 amide bonds. The second-order valence-electron chi connectivity index (χ2n) is 6.22. The standard InChI is InChI=1S/C17H29N/c1-6-13(3)12-16(18)14-8-10-15(11-9-14)17(4,5)7-2/h8-11,13,16H,6-7,12,18H2,1-5H3. The van der Waals surface area contributed by atoms with Crippen molar-refractivity contribution in [3.8, 4) is 0 Å². The van der Waals surface area contributed by atoms with E-state index >= 15 is 0 Å². The summed E-state index contributed by atoms with van der Waals surface area (Å²) < 4.78 is 0. The van der Waals surface area contributed by atoms with Gasteiger partial charge in [0.25, 0.3) is 0 Å². The summed E-state index contributed by atoms with van der Waals surface area (Å²) in [5.41, 5.74) is 9.20. The molecule has 18 heavy (non-hydrogen) atoms. The van der Waals surface area contributed by atoms with Crippen LogP contribution < -0.4 is 5.73 Å². The van der Waals surface area contributed by atoms with Gasteiger partial charge in [0.05, 0.1) is 0 Å². The van der Waals surface area contributed by atoms with Crippen molar-refractivity contribution in [1.82, 2.24) is 0 Å². The van der Waals surface area contributed by atoms with Crippen LogP contribution in [0.3, 0.4) is 0 Å². The highest BCUT2D eigenvalue weighted by Crippen LogP contribution is 2.28. The SMILES string of the molecule is CCC(C)CC(N)c1ccc(C(C)(C)CC)cc1. The Bertz CT molecular complexity index is 350. The summed E-state index contributed by atoms with van der Waals surface area (Å²) in [6.45, 7) is 11.3. The highest BCUT2D eigenvalue weighted by molar-refractivity contribution is 5.29. The molecule has 102 valence electrons. The Balaban J connectivity index is 2.76. The molecule has 2 N–H and O–H groups in total. The fourth-order valence-electron chi connectivity index (χ4n) is 2.12. The monoisotopic (exact) mass is 247 g/mol. The molecule has 0 aromatic heterocycles. The summed E-state index contributed by atoms with van der Waals surface area (Å²) in [6, 6.07) is 9.09. The summed E-state index contributed by atoms with van der Waals surface area (Å²) in [5, 5.41) is 0. The normalized spacial score (nSPS) is 15.4. The average molecular weight is 247 g/mol. The minimum atomic E-state index is 0.179. The third kappa shape index (κ3) is 3.84. The van der Waals surface area contributed by atoms with Crippen molar-refractivity contribution >= 4 is 0 Å². The molecule has 0 aliphatic carbocycles. The predicted octanol–water partition coefficient (Wildman–Crippen LogP) is 4.81. The Morgan fingerprint density at radius 1 is 1.11 bits per heavy atom. The maximum absolute atomic E-state index is 6.26. The largest absolute Gasteiger partial charge is 0.324 e. The van der Waals surface area contributed by atoms with Gasteiger partial charge in [-0.25, -0.2) is 0 Å². The Morgan fingerprint density at radius 2 is 1.67 bits per heavy atom. The molecule has 2 unspecified atom stereocenters. The molecule has 2 atom stereocenters. The van der Waals surface area contributed by atoms with Gasteiger partial charge in [0.15, 0.2) is 0 Å². The molecular weight excluding hydrogens is 218 g/mol. The Hall–Kier alpha value is -0.820. The van der Waals surface area contributed by atoms with Crippen LogP contribution in [0.1, 0.15) is 71.0 Å². The first-order valence-electron chi connectivity index (χ1n) is 7.26. The quantitative estimate of drug-likeness (QED) is 0.767. The Kier molecular flexibility index (Phi) is 5.40. The molecule has 0 fully saturated rings. The van der Waals surface area contributed by atoms with Crippen LogP contribution in [-0.4, -0.2) is 0 Å². The molecule has 0 radical (unpaired) electrons. The minimum Gasteiger partial charge on any atom is -0.324 e. The smallest absolute Gasteiger partial charge is 0.0297 e. The molecule has 0 saturated heterocycles. The van der Waals surface area contributed by atoms with E-state index in [1.807, 2.05) is 0 Å². The molecule has 0 spiro atoms. The van der Waals surface area contributed by atoms with Crippen molar-refractivity contribution < 1.29 is 0 Å². The molecule has 1 rings (SSSR count). The molecule has 0 bridgehead atoms. The van der Waals surface area contributed by atoms with Gasteiger partial charge < -0.3 is 5.73 Å². The van der Waals surface area contributed by atoms with Crippen molar-refractivity contribution in [2.75, 3.05) is 0 Å². The van der Waals surface area contributed by atoms with E-state index in [2.05, 4.69) is 58.9 Å². The minimum absolute atomic E-state index is 0.179. The highest BCUT2D eigenvalue weighted by atomic mass is 14.6. The van der Waals surface area contributed by atoms with E-state index in [0.29, 0.717) is 5.92 Å². The van der Waals surface area contributed by atoms with Crippen LogP contribution in [0.15, 0.2) is 24.3 Å². The number of rotatable bonds is 6. The summed E-state index contributed by atoms with van der Waals surface area (Å²) in [5.74, 6) is 0.701. The van der Waals surface area contributed by atoms with Crippen molar-refractivity contribution in [3.05, 3.63) is 35.4 Å². The van der Waals surface area contributed by atoms with Crippen LogP contribution in [-0.2, 0) is 5.41 Å². The van der Waals surface area contributed by atoms with E-state index in [9.17, 15) is 0 Å². The zero-order valence-corrected chi connectivity index (χ0v) is 12.7. The van der Waals surface area contributed by atoms with Gasteiger partial charge >= 0.3 is 0 Å². The van der Waals surface area contributed by atoms with Crippen molar-refractivity contribution in [1.29, 1.82) is 0 Å². The lowest BCUT2D eigenvalue weighted by Crippen LogP contribution is -2.17. The molecule has 0 saturated carbocycles. The Labute approximate surface area is 113 Å². The van der Waals surface area contributed by atoms with Crippen LogP contribution in [0.4, 0.5) is 0 Å². The van der Waals surface area contributed by atoms with Gasteiger partial charge in [-0.2, -0.15) is 0 Å². The first kappa shape index (κ1) is 15.2. The van der Waals surface area contributed by atoms with E-state index in [1.54, 1.807) is 0 Å².